The first-order chi connectivity index (χ1) is 13.9. The van der Waals surface area contributed by atoms with Crippen LogP contribution in [0.1, 0.15) is 22.8 Å². The summed E-state index contributed by atoms with van der Waals surface area (Å²) in [6.45, 7) is 1.73. The van der Waals surface area contributed by atoms with Gasteiger partial charge >= 0.3 is 0 Å². The number of carbonyl (C=O) groups is 1. The van der Waals surface area contributed by atoms with Gasteiger partial charge in [-0.25, -0.2) is 0 Å². The summed E-state index contributed by atoms with van der Waals surface area (Å²) in [5.74, 6) is 2.57. The first-order valence-corrected chi connectivity index (χ1v) is 8.77. The molecule has 0 aliphatic rings. The SMILES string of the molecule is COc1cc(/C=C(\C)C(=O)c2cc(OC)c(OC)c(OC)c2)cc(OC)c1OC. The Morgan fingerprint density at radius 1 is 0.655 bits per heavy atom. The molecule has 156 valence electrons. The fourth-order valence-electron chi connectivity index (χ4n) is 2.94. The monoisotopic (exact) mass is 402 g/mol. The maximum absolute atomic E-state index is 13.0. The number of methoxy groups -OCH3 is 6. The van der Waals surface area contributed by atoms with E-state index in [0.29, 0.717) is 45.6 Å². The van der Waals surface area contributed by atoms with E-state index < -0.39 is 0 Å². The van der Waals surface area contributed by atoms with Crippen molar-refractivity contribution in [2.24, 2.45) is 0 Å². The molecule has 0 saturated heterocycles. The lowest BCUT2D eigenvalue weighted by atomic mass is 10.0. The predicted octanol–water partition coefficient (Wildman–Crippen LogP) is 4.02. The Morgan fingerprint density at radius 3 is 1.38 bits per heavy atom. The van der Waals surface area contributed by atoms with Crippen LogP contribution in [-0.4, -0.2) is 48.4 Å². The summed E-state index contributed by atoms with van der Waals surface area (Å²) >= 11 is 0. The molecule has 0 fully saturated rings. The molecule has 0 aliphatic carbocycles. The van der Waals surface area contributed by atoms with Crippen molar-refractivity contribution in [3.63, 3.8) is 0 Å². The van der Waals surface area contributed by atoms with Crippen molar-refractivity contribution in [2.45, 2.75) is 6.92 Å². The maximum Gasteiger partial charge on any atom is 0.203 e. The number of allylic oxidation sites excluding steroid dienone is 1. The molecule has 2 aromatic rings. The molecule has 0 spiro atoms. The molecule has 0 aliphatic heterocycles. The zero-order chi connectivity index (χ0) is 21.6. The normalized spacial score (nSPS) is 10.9. The molecule has 0 atom stereocenters. The number of benzene rings is 2. The third-order valence-corrected chi connectivity index (χ3v) is 4.36. The van der Waals surface area contributed by atoms with E-state index in [2.05, 4.69) is 0 Å². The van der Waals surface area contributed by atoms with Gasteiger partial charge in [0.2, 0.25) is 11.5 Å². The molecule has 7 nitrogen and oxygen atoms in total. The van der Waals surface area contributed by atoms with E-state index >= 15 is 0 Å². The first kappa shape index (κ1) is 21.9. The second-order valence-corrected chi connectivity index (χ2v) is 6.03. The Bertz CT molecular complexity index is 865. The fraction of sp³-hybridized carbons (Fsp3) is 0.318. The van der Waals surface area contributed by atoms with Crippen molar-refractivity contribution in [2.75, 3.05) is 42.7 Å². The highest BCUT2D eigenvalue weighted by molar-refractivity contribution is 6.11. The molecule has 0 heterocycles. The lowest BCUT2D eigenvalue weighted by molar-refractivity contribution is 0.103. The van der Waals surface area contributed by atoms with Crippen LogP contribution in [-0.2, 0) is 0 Å². The van der Waals surface area contributed by atoms with Crippen LogP contribution in [0.2, 0.25) is 0 Å². The molecule has 0 aromatic heterocycles. The largest absolute Gasteiger partial charge is 0.493 e. The van der Waals surface area contributed by atoms with E-state index in [1.54, 1.807) is 51.5 Å². The average molecular weight is 402 g/mol. The molecular weight excluding hydrogens is 376 g/mol. The maximum atomic E-state index is 13.0. The van der Waals surface area contributed by atoms with Crippen LogP contribution in [0.5, 0.6) is 34.5 Å². The summed E-state index contributed by atoms with van der Waals surface area (Å²) in [7, 11) is 9.14. The van der Waals surface area contributed by atoms with Gasteiger partial charge in [-0.05, 0) is 48.4 Å². The van der Waals surface area contributed by atoms with Gasteiger partial charge in [0.1, 0.15) is 0 Å². The Morgan fingerprint density at radius 2 is 1.03 bits per heavy atom. The Kier molecular flexibility index (Phi) is 7.36. The number of Topliss-reactive ketones (excluding diaryl/α,β-unsaturated/α-hetero) is 1. The van der Waals surface area contributed by atoms with E-state index in [9.17, 15) is 4.79 Å². The van der Waals surface area contributed by atoms with Gasteiger partial charge in [0.15, 0.2) is 28.8 Å². The summed E-state index contributed by atoms with van der Waals surface area (Å²) in [4.78, 5) is 13.0. The minimum atomic E-state index is -0.182. The van der Waals surface area contributed by atoms with Gasteiger partial charge in [-0.3, -0.25) is 4.79 Å². The summed E-state index contributed by atoms with van der Waals surface area (Å²) in [5.41, 5.74) is 1.66. The Labute approximate surface area is 170 Å². The molecule has 0 radical (unpaired) electrons. The molecule has 0 unspecified atom stereocenters. The van der Waals surface area contributed by atoms with Gasteiger partial charge in [-0.15, -0.1) is 0 Å². The molecule has 7 heteroatoms. The molecule has 0 bridgehead atoms. The van der Waals surface area contributed by atoms with Crippen molar-refractivity contribution in [1.82, 2.24) is 0 Å². The van der Waals surface area contributed by atoms with Crippen molar-refractivity contribution in [3.8, 4) is 34.5 Å². The van der Waals surface area contributed by atoms with Gasteiger partial charge in [-0.2, -0.15) is 0 Å². The molecular formula is C22H26O7. The molecule has 2 aromatic carbocycles. The van der Waals surface area contributed by atoms with Crippen LogP contribution < -0.4 is 28.4 Å². The van der Waals surface area contributed by atoms with Crippen LogP contribution in [0.15, 0.2) is 29.8 Å². The van der Waals surface area contributed by atoms with Crippen LogP contribution >= 0.6 is 0 Å². The van der Waals surface area contributed by atoms with Crippen LogP contribution in [0.4, 0.5) is 0 Å². The minimum Gasteiger partial charge on any atom is -0.493 e. The minimum absolute atomic E-state index is 0.182. The van der Waals surface area contributed by atoms with Crippen molar-refractivity contribution in [1.29, 1.82) is 0 Å². The second-order valence-electron chi connectivity index (χ2n) is 6.03. The van der Waals surface area contributed by atoms with Gasteiger partial charge in [0, 0.05) is 5.56 Å². The van der Waals surface area contributed by atoms with Crippen LogP contribution in [0, 0.1) is 0 Å². The van der Waals surface area contributed by atoms with E-state index in [-0.39, 0.29) is 5.78 Å². The second kappa shape index (κ2) is 9.73. The highest BCUT2D eigenvalue weighted by atomic mass is 16.5. The molecule has 0 amide bonds. The molecule has 2 rings (SSSR count). The Hall–Kier alpha value is -3.35. The fourth-order valence-corrected chi connectivity index (χ4v) is 2.94. The van der Waals surface area contributed by atoms with Crippen molar-refractivity contribution < 1.29 is 33.2 Å². The van der Waals surface area contributed by atoms with Gasteiger partial charge < -0.3 is 28.4 Å². The van der Waals surface area contributed by atoms with E-state index in [1.807, 2.05) is 0 Å². The Balaban J connectivity index is 2.48. The van der Waals surface area contributed by atoms with E-state index in [0.717, 1.165) is 5.56 Å². The van der Waals surface area contributed by atoms with E-state index in [1.165, 1.54) is 28.4 Å². The number of rotatable bonds is 9. The smallest absolute Gasteiger partial charge is 0.203 e. The molecule has 0 saturated carbocycles. The van der Waals surface area contributed by atoms with E-state index in [4.69, 9.17) is 28.4 Å². The van der Waals surface area contributed by atoms with Gasteiger partial charge in [-0.1, -0.05) is 0 Å². The van der Waals surface area contributed by atoms with Crippen LogP contribution in [0.25, 0.3) is 6.08 Å². The third-order valence-electron chi connectivity index (χ3n) is 4.36. The number of hydrogen-bond donors (Lipinski definition) is 0. The lowest BCUT2D eigenvalue weighted by Crippen LogP contribution is -2.04. The summed E-state index contributed by atoms with van der Waals surface area (Å²) in [6, 6.07) is 6.78. The number of carbonyl (C=O) groups excluding carboxylic acids is 1. The van der Waals surface area contributed by atoms with Crippen molar-refractivity contribution in [3.05, 3.63) is 41.0 Å². The van der Waals surface area contributed by atoms with Gasteiger partial charge in [0.05, 0.1) is 42.7 Å². The summed E-state index contributed by atoms with van der Waals surface area (Å²) in [6.07, 6.45) is 1.75. The number of ketones is 1. The highest BCUT2D eigenvalue weighted by Gasteiger charge is 2.18. The molecule has 29 heavy (non-hydrogen) atoms. The van der Waals surface area contributed by atoms with Crippen molar-refractivity contribution >= 4 is 11.9 Å². The average Bonchev–Trinajstić information content (AvgIpc) is 2.76. The predicted molar refractivity (Wildman–Crippen MR) is 110 cm³/mol. The topological polar surface area (TPSA) is 72.5 Å². The zero-order valence-corrected chi connectivity index (χ0v) is 17.7. The lowest BCUT2D eigenvalue weighted by Gasteiger charge is -2.14. The highest BCUT2D eigenvalue weighted by Crippen LogP contribution is 2.40. The first-order valence-electron chi connectivity index (χ1n) is 8.77. The van der Waals surface area contributed by atoms with Gasteiger partial charge in [0.25, 0.3) is 0 Å². The standard InChI is InChI=1S/C22H26O7/c1-13(8-14-9-16(24-2)21(28-6)17(10-14)25-3)20(23)15-11-18(26-4)22(29-7)19(12-15)27-5/h8-12H,1-7H3/b13-8+. The van der Waals surface area contributed by atoms with Crippen LogP contribution in [0.3, 0.4) is 0 Å². The summed E-state index contributed by atoms with van der Waals surface area (Å²) < 4.78 is 32.0. The third kappa shape index (κ3) is 4.56. The number of ether oxygens (including phenoxy) is 6. The summed E-state index contributed by atoms with van der Waals surface area (Å²) in [5, 5.41) is 0. The molecule has 0 N–H and O–H groups in total. The number of hydrogen-bond acceptors (Lipinski definition) is 7. The quantitative estimate of drug-likeness (QED) is 0.463. The zero-order valence-electron chi connectivity index (χ0n) is 17.7.